The number of carbonyl (C=O) groups is 1. The molecule has 0 unspecified atom stereocenters. The molecule has 142 valence electrons. The Balaban J connectivity index is 1.66. The first-order valence-electron chi connectivity index (χ1n) is 9.15. The molecule has 6 nitrogen and oxygen atoms in total. The summed E-state index contributed by atoms with van der Waals surface area (Å²) < 4.78 is 33.3. The molecule has 0 N–H and O–H groups in total. The highest BCUT2D eigenvalue weighted by molar-refractivity contribution is 7.92. The van der Waals surface area contributed by atoms with Crippen LogP contribution in [0.15, 0.2) is 53.4 Å². The van der Waals surface area contributed by atoms with Crippen LogP contribution in [0.4, 0.5) is 5.69 Å². The number of benzene rings is 2. The molecule has 4 rings (SSSR count). The third-order valence-corrected chi connectivity index (χ3v) is 6.84. The van der Waals surface area contributed by atoms with Crippen molar-refractivity contribution in [3.63, 3.8) is 0 Å². The predicted octanol–water partition coefficient (Wildman–Crippen LogP) is 2.30. The summed E-state index contributed by atoms with van der Waals surface area (Å²) >= 11 is 0. The molecule has 0 atom stereocenters. The lowest BCUT2D eigenvalue weighted by molar-refractivity contribution is 0.0302. The minimum absolute atomic E-state index is 0.151. The van der Waals surface area contributed by atoms with Crippen LogP contribution in [0, 0.1) is 0 Å². The van der Waals surface area contributed by atoms with Crippen molar-refractivity contribution in [1.29, 1.82) is 0 Å². The Hall–Kier alpha value is -2.38. The number of rotatable bonds is 3. The van der Waals surface area contributed by atoms with Crippen LogP contribution >= 0.6 is 0 Å². The number of hydrogen-bond donors (Lipinski definition) is 0. The summed E-state index contributed by atoms with van der Waals surface area (Å²) in [5, 5.41) is 0. The fourth-order valence-electron chi connectivity index (χ4n) is 3.61. The van der Waals surface area contributed by atoms with E-state index in [1.807, 2.05) is 24.3 Å². The van der Waals surface area contributed by atoms with Crippen LogP contribution in [-0.4, -0.2) is 52.1 Å². The molecule has 2 aliphatic rings. The maximum absolute atomic E-state index is 13.3. The molecule has 1 amide bonds. The van der Waals surface area contributed by atoms with Crippen molar-refractivity contribution in [2.45, 2.75) is 17.7 Å². The molecule has 1 saturated heterocycles. The van der Waals surface area contributed by atoms with Gasteiger partial charge in [-0.1, -0.05) is 24.3 Å². The van der Waals surface area contributed by atoms with Crippen LogP contribution in [-0.2, 0) is 21.2 Å². The van der Waals surface area contributed by atoms with E-state index in [-0.39, 0.29) is 10.8 Å². The van der Waals surface area contributed by atoms with E-state index in [9.17, 15) is 13.2 Å². The van der Waals surface area contributed by atoms with Crippen molar-refractivity contribution in [2.24, 2.45) is 0 Å². The van der Waals surface area contributed by atoms with Gasteiger partial charge < -0.3 is 9.64 Å². The molecular weight excluding hydrogens is 364 g/mol. The van der Waals surface area contributed by atoms with E-state index in [0.717, 1.165) is 24.1 Å². The zero-order valence-corrected chi connectivity index (χ0v) is 15.8. The van der Waals surface area contributed by atoms with E-state index in [1.165, 1.54) is 10.4 Å². The van der Waals surface area contributed by atoms with E-state index in [0.29, 0.717) is 38.4 Å². The summed E-state index contributed by atoms with van der Waals surface area (Å²) in [6, 6.07) is 13.9. The highest BCUT2D eigenvalue weighted by Crippen LogP contribution is 2.32. The Morgan fingerprint density at radius 1 is 0.963 bits per heavy atom. The number of para-hydroxylation sites is 1. The van der Waals surface area contributed by atoms with Gasteiger partial charge in [0.05, 0.1) is 23.8 Å². The third kappa shape index (κ3) is 3.44. The number of amides is 1. The van der Waals surface area contributed by atoms with Crippen molar-refractivity contribution in [1.82, 2.24) is 4.90 Å². The van der Waals surface area contributed by atoms with Gasteiger partial charge in [-0.25, -0.2) is 8.42 Å². The maximum atomic E-state index is 13.3. The first-order chi connectivity index (χ1) is 13.1. The second-order valence-electron chi connectivity index (χ2n) is 6.74. The Morgan fingerprint density at radius 3 is 2.56 bits per heavy atom. The Labute approximate surface area is 159 Å². The van der Waals surface area contributed by atoms with Gasteiger partial charge in [-0.05, 0) is 42.7 Å². The average Bonchev–Trinajstić information content (AvgIpc) is 2.73. The SMILES string of the molecule is O=C(c1cccc(S(=O)(=O)N2CCCc3ccccc32)c1)N1CCOCC1. The molecule has 0 spiro atoms. The second kappa shape index (κ2) is 7.32. The van der Waals surface area contributed by atoms with Gasteiger partial charge in [-0.15, -0.1) is 0 Å². The standard InChI is InChI=1S/C20H22N2O4S/c23-20(21-11-13-26-14-12-21)17-6-3-8-18(15-17)27(24,25)22-10-4-7-16-5-1-2-9-19(16)22/h1-3,5-6,8-9,15H,4,7,10-14H2. The first-order valence-corrected chi connectivity index (χ1v) is 10.6. The summed E-state index contributed by atoms with van der Waals surface area (Å²) in [4.78, 5) is 14.6. The molecule has 2 aromatic rings. The molecule has 1 fully saturated rings. The van der Waals surface area contributed by atoms with Crippen LogP contribution < -0.4 is 4.31 Å². The highest BCUT2D eigenvalue weighted by atomic mass is 32.2. The fourth-order valence-corrected chi connectivity index (χ4v) is 5.20. The van der Waals surface area contributed by atoms with E-state index < -0.39 is 10.0 Å². The summed E-state index contributed by atoms with van der Waals surface area (Å²) in [5.41, 5.74) is 2.16. The second-order valence-corrected chi connectivity index (χ2v) is 8.60. The van der Waals surface area contributed by atoms with Gasteiger partial charge in [-0.2, -0.15) is 0 Å². The molecule has 2 aromatic carbocycles. The summed E-state index contributed by atoms with van der Waals surface area (Å²) in [7, 11) is -3.72. The third-order valence-electron chi connectivity index (χ3n) is 5.03. The molecule has 0 bridgehead atoms. The van der Waals surface area contributed by atoms with Gasteiger partial charge in [-0.3, -0.25) is 9.10 Å². The van der Waals surface area contributed by atoms with Crippen molar-refractivity contribution in [3.05, 3.63) is 59.7 Å². The van der Waals surface area contributed by atoms with Gasteiger partial charge in [0.2, 0.25) is 0 Å². The zero-order valence-electron chi connectivity index (χ0n) is 15.0. The van der Waals surface area contributed by atoms with Crippen LogP contribution in [0.25, 0.3) is 0 Å². The van der Waals surface area contributed by atoms with E-state index in [4.69, 9.17) is 4.74 Å². The largest absolute Gasteiger partial charge is 0.378 e. The number of anilines is 1. The number of ether oxygens (including phenoxy) is 1. The number of nitrogens with zero attached hydrogens (tertiary/aromatic N) is 2. The van der Waals surface area contributed by atoms with Crippen LogP contribution in [0.2, 0.25) is 0 Å². The van der Waals surface area contributed by atoms with Gasteiger partial charge in [0.15, 0.2) is 0 Å². The molecule has 2 heterocycles. The summed E-state index contributed by atoms with van der Waals surface area (Å²) in [5.74, 6) is -0.158. The molecule has 0 aliphatic carbocycles. The van der Waals surface area contributed by atoms with Crippen LogP contribution in [0.5, 0.6) is 0 Å². The van der Waals surface area contributed by atoms with Gasteiger partial charge in [0, 0.05) is 25.2 Å². The van der Waals surface area contributed by atoms with E-state index in [1.54, 1.807) is 23.1 Å². The lowest BCUT2D eigenvalue weighted by Crippen LogP contribution is -2.40. The minimum Gasteiger partial charge on any atom is -0.378 e. The van der Waals surface area contributed by atoms with E-state index in [2.05, 4.69) is 0 Å². The molecule has 7 heteroatoms. The maximum Gasteiger partial charge on any atom is 0.264 e. The molecule has 27 heavy (non-hydrogen) atoms. The Bertz CT molecular complexity index is 952. The Morgan fingerprint density at radius 2 is 1.74 bits per heavy atom. The zero-order chi connectivity index (χ0) is 18.9. The number of carbonyl (C=O) groups excluding carboxylic acids is 1. The fraction of sp³-hybridized carbons (Fsp3) is 0.350. The van der Waals surface area contributed by atoms with Crippen molar-refractivity contribution < 1.29 is 17.9 Å². The quantitative estimate of drug-likeness (QED) is 0.812. The highest BCUT2D eigenvalue weighted by Gasteiger charge is 2.29. The lowest BCUT2D eigenvalue weighted by atomic mass is 10.0. The van der Waals surface area contributed by atoms with Crippen LogP contribution in [0.1, 0.15) is 22.3 Å². The monoisotopic (exact) mass is 386 g/mol. The van der Waals surface area contributed by atoms with Crippen molar-refractivity contribution >= 4 is 21.6 Å². The number of morpholine rings is 1. The smallest absolute Gasteiger partial charge is 0.264 e. The predicted molar refractivity (Wildman–Crippen MR) is 102 cm³/mol. The number of hydrogen-bond acceptors (Lipinski definition) is 4. The van der Waals surface area contributed by atoms with Gasteiger partial charge in [0.1, 0.15) is 0 Å². The number of sulfonamides is 1. The van der Waals surface area contributed by atoms with E-state index >= 15 is 0 Å². The normalized spacial score (nSPS) is 17.5. The number of fused-ring (bicyclic) bond motifs is 1. The molecule has 0 aromatic heterocycles. The summed E-state index contributed by atoms with van der Waals surface area (Å²) in [6.07, 6.45) is 1.65. The van der Waals surface area contributed by atoms with Crippen molar-refractivity contribution in [2.75, 3.05) is 37.2 Å². The van der Waals surface area contributed by atoms with Crippen LogP contribution in [0.3, 0.4) is 0 Å². The van der Waals surface area contributed by atoms with Gasteiger partial charge in [0.25, 0.3) is 15.9 Å². The molecule has 0 saturated carbocycles. The summed E-state index contributed by atoms with van der Waals surface area (Å²) in [6.45, 7) is 2.51. The molecule has 2 aliphatic heterocycles. The Kier molecular flexibility index (Phi) is 4.88. The lowest BCUT2D eigenvalue weighted by Gasteiger charge is -2.30. The van der Waals surface area contributed by atoms with Crippen molar-refractivity contribution in [3.8, 4) is 0 Å². The van der Waals surface area contributed by atoms with Gasteiger partial charge >= 0.3 is 0 Å². The average molecular weight is 386 g/mol. The molecule has 0 radical (unpaired) electrons. The number of aryl methyl sites for hydroxylation is 1. The minimum atomic E-state index is -3.72. The first kappa shape index (κ1) is 18.0. The topological polar surface area (TPSA) is 66.9 Å². The molecular formula is C20H22N2O4S.